The molecule has 3 rings (SSSR count). The van der Waals surface area contributed by atoms with E-state index in [4.69, 9.17) is 5.73 Å². The molecule has 0 spiro atoms. The van der Waals surface area contributed by atoms with Crippen LogP contribution in [0, 0.1) is 11.6 Å². The van der Waals surface area contributed by atoms with Crippen LogP contribution in [0.3, 0.4) is 0 Å². The first-order valence-corrected chi connectivity index (χ1v) is 5.63. The number of aromatic nitrogens is 4. The zero-order valence-corrected chi connectivity index (χ0v) is 10.1. The van der Waals surface area contributed by atoms with Crippen LogP contribution < -0.4 is 5.73 Å². The molecule has 0 amide bonds. The van der Waals surface area contributed by atoms with E-state index in [0.717, 1.165) is 17.7 Å². The molecule has 0 aliphatic carbocycles. The highest BCUT2D eigenvalue weighted by Gasteiger charge is 2.16. The molecule has 1 unspecified atom stereocenters. The van der Waals surface area contributed by atoms with E-state index in [0.29, 0.717) is 16.9 Å². The highest BCUT2D eigenvalue weighted by Crippen LogP contribution is 2.21. The number of halogens is 2. The summed E-state index contributed by atoms with van der Waals surface area (Å²) in [5.41, 5.74) is 7.55. The summed E-state index contributed by atoms with van der Waals surface area (Å²) in [6, 6.07) is 1.59. The van der Waals surface area contributed by atoms with E-state index in [1.165, 1.54) is 0 Å². The minimum Gasteiger partial charge on any atom is -0.340 e. The second kappa shape index (κ2) is 4.13. The molecule has 5 nitrogen and oxygen atoms in total. The topological polar surface area (TPSA) is 72.5 Å². The van der Waals surface area contributed by atoms with Gasteiger partial charge in [0.15, 0.2) is 11.6 Å². The van der Waals surface area contributed by atoms with Gasteiger partial charge in [-0.05, 0) is 0 Å². The fourth-order valence-electron chi connectivity index (χ4n) is 1.93. The lowest BCUT2D eigenvalue weighted by Crippen LogP contribution is -2.12. The number of hydrogen-bond donors (Lipinski definition) is 2. The Labute approximate surface area is 107 Å². The quantitative estimate of drug-likeness (QED) is 0.738. The second-order valence-electron chi connectivity index (χ2n) is 4.33. The number of H-pyrrole nitrogens is 1. The zero-order chi connectivity index (χ0) is 13.6. The van der Waals surface area contributed by atoms with E-state index in [1.54, 1.807) is 24.1 Å². The van der Waals surface area contributed by atoms with Crippen LogP contribution in [0.4, 0.5) is 8.78 Å². The van der Waals surface area contributed by atoms with Gasteiger partial charge in [-0.2, -0.15) is 5.10 Å². The highest BCUT2D eigenvalue weighted by atomic mass is 19.2. The second-order valence-corrected chi connectivity index (χ2v) is 4.33. The molecule has 3 N–H and O–H groups in total. The molecule has 0 aliphatic rings. The van der Waals surface area contributed by atoms with E-state index in [2.05, 4.69) is 15.1 Å². The summed E-state index contributed by atoms with van der Waals surface area (Å²) in [7, 11) is 1.78. The number of nitrogens with two attached hydrogens (primary N) is 1. The van der Waals surface area contributed by atoms with Crippen molar-refractivity contribution in [1.29, 1.82) is 0 Å². The standard InChI is InChI=1S/C12H11F2N5/c1-19-5-6(4-16-19)11(15)12-17-9-2-7(13)8(14)3-10(9)18-12/h2-5,11H,15H2,1H3,(H,17,18). The zero-order valence-electron chi connectivity index (χ0n) is 10.1. The van der Waals surface area contributed by atoms with E-state index >= 15 is 0 Å². The first-order chi connectivity index (χ1) is 9.04. The van der Waals surface area contributed by atoms with E-state index in [1.807, 2.05) is 0 Å². The molecule has 2 aromatic heterocycles. The summed E-state index contributed by atoms with van der Waals surface area (Å²) < 4.78 is 27.9. The summed E-state index contributed by atoms with van der Waals surface area (Å²) >= 11 is 0. The van der Waals surface area contributed by atoms with Crippen LogP contribution >= 0.6 is 0 Å². The third-order valence-electron chi connectivity index (χ3n) is 2.92. The Kier molecular flexibility index (Phi) is 2.56. The Hall–Kier alpha value is -2.28. The van der Waals surface area contributed by atoms with Crippen LogP contribution in [-0.4, -0.2) is 19.7 Å². The first kappa shape index (κ1) is 11.8. The highest BCUT2D eigenvalue weighted by molar-refractivity contribution is 5.75. The van der Waals surface area contributed by atoms with Gasteiger partial charge < -0.3 is 10.7 Å². The molecule has 0 fully saturated rings. The molecule has 1 aromatic carbocycles. The number of aryl methyl sites for hydroxylation is 1. The number of fused-ring (bicyclic) bond motifs is 1. The minimum atomic E-state index is -0.930. The van der Waals surface area contributed by atoms with Crippen molar-refractivity contribution >= 4 is 11.0 Å². The number of rotatable bonds is 2. The summed E-state index contributed by atoms with van der Waals surface area (Å²) in [6.07, 6.45) is 3.39. The van der Waals surface area contributed by atoms with Crippen molar-refractivity contribution in [3.63, 3.8) is 0 Å². The fourth-order valence-corrected chi connectivity index (χ4v) is 1.93. The molecular weight excluding hydrogens is 252 g/mol. The van der Waals surface area contributed by atoms with Gasteiger partial charge in [-0.3, -0.25) is 4.68 Å². The molecule has 0 saturated carbocycles. The van der Waals surface area contributed by atoms with Crippen molar-refractivity contribution in [1.82, 2.24) is 19.7 Å². The number of nitrogens with one attached hydrogen (secondary N) is 1. The van der Waals surface area contributed by atoms with Crippen molar-refractivity contribution in [3.8, 4) is 0 Å². The van der Waals surface area contributed by atoms with Crippen LogP contribution in [-0.2, 0) is 7.05 Å². The molecule has 0 saturated heterocycles. The molecule has 0 bridgehead atoms. The number of aromatic amines is 1. The van der Waals surface area contributed by atoms with Crippen molar-refractivity contribution in [3.05, 3.63) is 47.5 Å². The minimum absolute atomic E-state index is 0.341. The Bertz CT molecular complexity index is 707. The van der Waals surface area contributed by atoms with E-state index < -0.39 is 17.7 Å². The molecule has 1 atom stereocenters. The third kappa shape index (κ3) is 1.97. The van der Waals surface area contributed by atoms with Gasteiger partial charge in [0.1, 0.15) is 5.82 Å². The van der Waals surface area contributed by atoms with Gasteiger partial charge in [-0.25, -0.2) is 13.8 Å². The largest absolute Gasteiger partial charge is 0.340 e. The predicted molar refractivity (Wildman–Crippen MR) is 65.2 cm³/mol. The lowest BCUT2D eigenvalue weighted by atomic mass is 10.2. The van der Waals surface area contributed by atoms with Crippen LogP contribution in [0.1, 0.15) is 17.4 Å². The van der Waals surface area contributed by atoms with E-state index in [-0.39, 0.29) is 0 Å². The molecule has 2 heterocycles. The van der Waals surface area contributed by atoms with Gasteiger partial charge in [0.2, 0.25) is 0 Å². The van der Waals surface area contributed by atoms with Crippen molar-refractivity contribution in [2.75, 3.05) is 0 Å². The van der Waals surface area contributed by atoms with Crippen LogP contribution in [0.15, 0.2) is 24.5 Å². The average Bonchev–Trinajstić information content (AvgIpc) is 2.95. The van der Waals surface area contributed by atoms with Crippen LogP contribution in [0.25, 0.3) is 11.0 Å². The van der Waals surface area contributed by atoms with Gasteiger partial charge >= 0.3 is 0 Å². The number of hydrogen-bond acceptors (Lipinski definition) is 3. The van der Waals surface area contributed by atoms with Gasteiger partial charge in [-0.15, -0.1) is 0 Å². The smallest absolute Gasteiger partial charge is 0.161 e. The summed E-state index contributed by atoms with van der Waals surface area (Å²) in [6.45, 7) is 0. The molecule has 0 aliphatic heterocycles. The number of nitrogens with zero attached hydrogens (tertiary/aromatic N) is 3. The van der Waals surface area contributed by atoms with Crippen LogP contribution in [0.5, 0.6) is 0 Å². The third-order valence-corrected chi connectivity index (χ3v) is 2.92. The van der Waals surface area contributed by atoms with Gasteiger partial charge in [0, 0.05) is 30.9 Å². The molecule has 3 aromatic rings. The number of benzene rings is 1. The SMILES string of the molecule is Cn1cc(C(N)c2nc3cc(F)c(F)cc3[nH]2)cn1. The summed E-state index contributed by atoms with van der Waals surface area (Å²) in [4.78, 5) is 7.07. The Morgan fingerprint density at radius 3 is 2.74 bits per heavy atom. The maximum atomic E-state index is 13.1. The summed E-state index contributed by atoms with van der Waals surface area (Å²) in [5.74, 6) is -1.41. The Morgan fingerprint density at radius 2 is 2.05 bits per heavy atom. The van der Waals surface area contributed by atoms with Crippen molar-refractivity contribution in [2.24, 2.45) is 12.8 Å². The Morgan fingerprint density at radius 1 is 1.32 bits per heavy atom. The monoisotopic (exact) mass is 263 g/mol. The molecule has 98 valence electrons. The predicted octanol–water partition coefficient (Wildman–Crippen LogP) is 1.62. The van der Waals surface area contributed by atoms with Crippen molar-refractivity contribution < 1.29 is 8.78 Å². The lowest BCUT2D eigenvalue weighted by Gasteiger charge is -2.04. The summed E-state index contributed by atoms with van der Waals surface area (Å²) in [5, 5.41) is 4.02. The number of imidazole rings is 1. The normalized spacial score (nSPS) is 13.1. The average molecular weight is 263 g/mol. The van der Waals surface area contributed by atoms with Gasteiger partial charge in [0.05, 0.1) is 23.3 Å². The molecular formula is C12H11F2N5. The lowest BCUT2D eigenvalue weighted by molar-refractivity contribution is 0.510. The first-order valence-electron chi connectivity index (χ1n) is 5.63. The molecule has 7 heteroatoms. The maximum absolute atomic E-state index is 13.1. The van der Waals surface area contributed by atoms with Crippen LogP contribution in [0.2, 0.25) is 0 Å². The fraction of sp³-hybridized carbons (Fsp3) is 0.167. The maximum Gasteiger partial charge on any atom is 0.161 e. The molecule has 0 radical (unpaired) electrons. The van der Waals surface area contributed by atoms with Gasteiger partial charge in [-0.1, -0.05) is 0 Å². The Balaban J connectivity index is 2.05. The van der Waals surface area contributed by atoms with Gasteiger partial charge in [0.25, 0.3) is 0 Å². The molecule has 19 heavy (non-hydrogen) atoms. The van der Waals surface area contributed by atoms with Crippen molar-refractivity contribution in [2.45, 2.75) is 6.04 Å². The van der Waals surface area contributed by atoms with E-state index in [9.17, 15) is 8.78 Å².